The Morgan fingerprint density at radius 2 is 1.35 bits per heavy atom. The van der Waals surface area contributed by atoms with Crippen LogP contribution < -0.4 is 26.0 Å². The van der Waals surface area contributed by atoms with E-state index in [-0.39, 0.29) is 11.3 Å². The second-order valence-corrected chi connectivity index (χ2v) is 8.35. The summed E-state index contributed by atoms with van der Waals surface area (Å²) in [5, 5.41) is 20.9. The predicted octanol–water partition coefficient (Wildman–Crippen LogP) is 5.50. The molecule has 4 rings (SSSR count). The van der Waals surface area contributed by atoms with Gasteiger partial charge in [0.15, 0.2) is 5.58 Å². The van der Waals surface area contributed by atoms with E-state index < -0.39 is 5.63 Å². The van der Waals surface area contributed by atoms with Gasteiger partial charge in [-0.3, -0.25) is 10.9 Å². The Morgan fingerprint density at radius 1 is 0.838 bits per heavy atom. The molecule has 0 bridgehead atoms. The van der Waals surface area contributed by atoms with Crippen LogP contribution in [0.3, 0.4) is 0 Å². The molecule has 3 aromatic carbocycles. The fourth-order valence-corrected chi connectivity index (χ4v) is 3.79. The molecule has 3 N–H and O–H groups in total. The monoisotopic (exact) mass is 500 g/mol. The average Bonchev–Trinajstić information content (AvgIpc) is 2.90. The fraction of sp³-hybridized carbons (Fsp3) is 0.179. The minimum absolute atomic E-state index is 0.100. The first-order valence-corrected chi connectivity index (χ1v) is 11.5. The van der Waals surface area contributed by atoms with Gasteiger partial charge in [-0.2, -0.15) is 10.2 Å². The topological polar surface area (TPSA) is 118 Å². The molecule has 9 heteroatoms. The fourth-order valence-electron chi connectivity index (χ4n) is 3.79. The maximum atomic E-state index is 12.2. The zero-order valence-electron chi connectivity index (χ0n) is 21.2. The van der Waals surface area contributed by atoms with Crippen LogP contribution in [-0.4, -0.2) is 30.7 Å². The number of hydrogen-bond donors (Lipinski definition) is 3. The molecule has 0 unspecified atom stereocenters. The molecule has 0 aliphatic heterocycles. The minimum Gasteiger partial charge on any atom is -0.506 e. The van der Waals surface area contributed by atoms with Crippen LogP contribution in [0, 0.1) is 6.92 Å². The third kappa shape index (κ3) is 5.56. The van der Waals surface area contributed by atoms with Gasteiger partial charge < -0.3 is 19.0 Å². The lowest BCUT2D eigenvalue weighted by Crippen LogP contribution is -2.09. The lowest BCUT2D eigenvalue weighted by molar-refractivity contribution is 0.415. The smallest absolute Gasteiger partial charge is 0.336 e. The van der Waals surface area contributed by atoms with Crippen LogP contribution in [0.15, 0.2) is 80.1 Å². The number of phenols is 1. The molecule has 0 radical (unpaired) electrons. The molecule has 190 valence electrons. The van der Waals surface area contributed by atoms with Gasteiger partial charge in [0, 0.05) is 17.0 Å². The van der Waals surface area contributed by atoms with Crippen LogP contribution in [0.5, 0.6) is 17.2 Å². The lowest BCUT2D eigenvalue weighted by atomic mass is 9.97. The number of benzene rings is 3. The Bertz CT molecular complexity index is 1540. The molecule has 0 aliphatic carbocycles. The van der Waals surface area contributed by atoms with Gasteiger partial charge in [0.2, 0.25) is 0 Å². The SMILES string of the molecule is COc1ccc(N/N=C(\C)c2cc3c(C)cc(=O)oc3c(/C(C)=N/Nc3ccc(OC)cc3)c2O)cc1. The lowest BCUT2D eigenvalue weighted by Gasteiger charge is -2.14. The molecule has 9 nitrogen and oxygen atoms in total. The normalized spacial score (nSPS) is 11.9. The Kier molecular flexibility index (Phi) is 7.43. The number of hydrazone groups is 2. The summed E-state index contributed by atoms with van der Waals surface area (Å²) in [7, 11) is 3.20. The molecule has 0 spiro atoms. The number of rotatable bonds is 8. The van der Waals surface area contributed by atoms with Crippen LogP contribution in [0.1, 0.15) is 30.5 Å². The van der Waals surface area contributed by atoms with Gasteiger partial charge in [-0.25, -0.2) is 4.79 Å². The Balaban J connectivity index is 1.76. The predicted molar refractivity (Wildman–Crippen MR) is 147 cm³/mol. The number of aromatic hydroxyl groups is 1. The summed E-state index contributed by atoms with van der Waals surface area (Å²) in [5.74, 6) is 1.35. The third-order valence-electron chi connectivity index (χ3n) is 5.85. The number of phenolic OH excluding ortho intramolecular Hbond substituents is 1. The first-order valence-electron chi connectivity index (χ1n) is 11.5. The number of nitrogens with zero attached hydrogens (tertiary/aromatic N) is 2. The van der Waals surface area contributed by atoms with Crippen LogP contribution in [0.2, 0.25) is 0 Å². The number of fused-ring (bicyclic) bond motifs is 1. The van der Waals surface area contributed by atoms with Gasteiger partial charge in [0.1, 0.15) is 17.2 Å². The highest BCUT2D eigenvalue weighted by Gasteiger charge is 2.21. The molecule has 0 aliphatic rings. The molecule has 0 atom stereocenters. The van der Waals surface area contributed by atoms with E-state index in [1.807, 2.05) is 43.3 Å². The van der Waals surface area contributed by atoms with E-state index in [4.69, 9.17) is 13.9 Å². The van der Waals surface area contributed by atoms with E-state index in [2.05, 4.69) is 21.1 Å². The van der Waals surface area contributed by atoms with Crippen molar-refractivity contribution in [3.63, 3.8) is 0 Å². The van der Waals surface area contributed by atoms with Gasteiger partial charge in [0.25, 0.3) is 0 Å². The highest BCUT2D eigenvalue weighted by Crippen LogP contribution is 2.33. The molecule has 0 amide bonds. The maximum Gasteiger partial charge on any atom is 0.336 e. The third-order valence-corrected chi connectivity index (χ3v) is 5.85. The highest BCUT2D eigenvalue weighted by molar-refractivity contribution is 6.15. The molecule has 1 heterocycles. The second-order valence-electron chi connectivity index (χ2n) is 8.35. The van der Waals surface area contributed by atoms with Crippen LogP contribution in [0.25, 0.3) is 11.0 Å². The highest BCUT2D eigenvalue weighted by atomic mass is 16.5. The van der Waals surface area contributed by atoms with Crippen molar-refractivity contribution in [3.8, 4) is 17.2 Å². The number of anilines is 2. The zero-order chi connectivity index (χ0) is 26.5. The summed E-state index contributed by atoms with van der Waals surface area (Å²) in [6.45, 7) is 5.31. The average molecular weight is 501 g/mol. The Labute approximate surface area is 214 Å². The van der Waals surface area contributed by atoms with E-state index >= 15 is 0 Å². The quantitative estimate of drug-likeness (QED) is 0.166. The van der Waals surface area contributed by atoms with E-state index in [9.17, 15) is 9.90 Å². The summed E-state index contributed by atoms with van der Waals surface area (Å²) in [6.07, 6.45) is 0. The Morgan fingerprint density at radius 3 is 1.86 bits per heavy atom. The van der Waals surface area contributed by atoms with Crippen LogP contribution in [0.4, 0.5) is 11.4 Å². The van der Waals surface area contributed by atoms with Gasteiger partial charge in [-0.05, 0) is 80.9 Å². The van der Waals surface area contributed by atoms with Crippen molar-refractivity contribution < 1.29 is 19.0 Å². The molecule has 0 saturated heterocycles. The summed E-state index contributed by atoms with van der Waals surface area (Å²) in [4.78, 5) is 12.2. The summed E-state index contributed by atoms with van der Waals surface area (Å²) >= 11 is 0. The van der Waals surface area contributed by atoms with Crippen molar-refractivity contribution >= 4 is 33.8 Å². The standard InChI is InChI=1S/C28H28N4O5/c1-16-14-25(33)37-28-23(16)15-24(17(2)29-31-19-6-10-21(35-4)11-7-19)27(34)26(28)18(3)30-32-20-8-12-22(36-5)13-9-20/h6-15,31-32,34H,1-5H3/b29-17+,30-18+. The van der Waals surface area contributed by atoms with E-state index in [1.165, 1.54) is 6.07 Å². The van der Waals surface area contributed by atoms with Crippen LogP contribution in [-0.2, 0) is 0 Å². The van der Waals surface area contributed by atoms with Crippen molar-refractivity contribution in [2.45, 2.75) is 20.8 Å². The number of aryl methyl sites for hydroxylation is 1. The largest absolute Gasteiger partial charge is 0.506 e. The van der Waals surface area contributed by atoms with Crippen molar-refractivity contribution in [3.05, 3.63) is 87.8 Å². The molecular weight excluding hydrogens is 472 g/mol. The first kappa shape index (κ1) is 25.3. The minimum atomic E-state index is -0.513. The molecular formula is C28H28N4O5. The molecule has 1 aromatic heterocycles. The molecule has 37 heavy (non-hydrogen) atoms. The first-order chi connectivity index (χ1) is 17.8. The number of hydrogen-bond acceptors (Lipinski definition) is 9. The number of nitrogens with one attached hydrogen (secondary N) is 2. The molecule has 0 fully saturated rings. The summed E-state index contributed by atoms with van der Waals surface area (Å²) < 4.78 is 15.9. The van der Waals surface area contributed by atoms with Gasteiger partial charge in [0.05, 0.1) is 42.6 Å². The van der Waals surface area contributed by atoms with Crippen molar-refractivity contribution in [1.82, 2.24) is 0 Å². The Hall–Kier alpha value is -4.79. The number of methoxy groups -OCH3 is 2. The van der Waals surface area contributed by atoms with Gasteiger partial charge >= 0.3 is 5.63 Å². The maximum absolute atomic E-state index is 12.2. The molecule has 4 aromatic rings. The van der Waals surface area contributed by atoms with E-state index in [1.54, 1.807) is 46.3 Å². The molecule has 0 saturated carbocycles. The zero-order valence-corrected chi connectivity index (χ0v) is 21.2. The summed E-state index contributed by atoms with van der Waals surface area (Å²) in [5.41, 5.74) is 9.60. The van der Waals surface area contributed by atoms with Crippen molar-refractivity contribution in [2.24, 2.45) is 10.2 Å². The van der Waals surface area contributed by atoms with Crippen molar-refractivity contribution in [1.29, 1.82) is 0 Å². The van der Waals surface area contributed by atoms with E-state index in [0.717, 1.165) is 22.9 Å². The van der Waals surface area contributed by atoms with Crippen molar-refractivity contribution in [2.75, 3.05) is 25.1 Å². The van der Waals surface area contributed by atoms with Gasteiger partial charge in [-0.1, -0.05) is 0 Å². The van der Waals surface area contributed by atoms with E-state index in [0.29, 0.717) is 33.5 Å². The second kappa shape index (κ2) is 10.9. The number of ether oxygens (including phenoxy) is 2. The van der Waals surface area contributed by atoms with Crippen LogP contribution >= 0.6 is 0 Å². The van der Waals surface area contributed by atoms with Gasteiger partial charge in [-0.15, -0.1) is 0 Å². The summed E-state index contributed by atoms with van der Waals surface area (Å²) in [6, 6.07) is 17.7.